The molecule has 3 nitrogen and oxygen atoms in total. The second-order valence-corrected chi connectivity index (χ2v) is 6.65. The lowest BCUT2D eigenvalue weighted by Crippen LogP contribution is -2.35. The van der Waals surface area contributed by atoms with Crippen molar-refractivity contribution in [2.75, 3.05) is 5.73 Å². The molecule has 0 heterocycles. The van der Waals surface area contributed by atoms with Crippen LogP contribution >= 0.6 is 0 Å². The zero-order valence-electron chi connectivity index (χ0n) is 13.9. The number of aryl methyl sites for hydroxylation is 1. The highest BCUT2D eigenvalue weighted by atomic mass is 19.1. The number of nitrogens with two attached hydrogens (primary N) is 1. The minimum absolute atomic E-state index is 0.00827. The van der Waals surface area contributed by atoms with E-state index >= 15 is 0 Å². The van der Waals surface area contributed by atoms with E-state index in [9.17, 15) is 9.18 Å². The van der Waals surface area contributed by atoms with Crippen molar-refractivity contribution in [1.82, 2.24) is 5.32 Å². The Morgan fingerprint density at radius 2 is 2.17 bits per heavy atom. The summed E-state index contributed by atoms with van der Waals surface area (Å²) in [5.74, 6) is -0.459. The van der Waals surface area contributed by atoms with Gasteiger partial charge in [0.05, 0.1) is 6.04 Å². The Labute approximate surface area is 142 Å². The summed E-state index contributed by atoms with van der Waals surface area (Å²) in [5.41, 5.74) is 9.86. The number of hydrogen-bond donors (Lipinski definition) is 2. The van der Waals surface area contributed by atoms with Crippen molar-refractivity contribution >= 4 is 11.6 Å². The van der Waals surface area contributed by atoms with Gasteiger partial charge < -0.3 is 11.1 Å². The zero-order chi connectivity index (χ0) is 17.1. The lowest BCUT2D eigenvalue weighted by Gasteiger charge is -2.28. The molecule has 0 saturated heterocycles. The van der Waals surface area contributed by atoms with E-state index in [1.165, 1.54) is 23.3 Å². The average molecular weight is 326 g/mol. The molecule has 2 aromatic rings. The summed E-state index contributed by atoms with van der Waals surface area (Å²) in [4.78, 5) is 12.5. The summed E-state index contributed by atoms with van der Waals surface area (Å²) in [6.45, 7) is 1.88. The van der Waals surface area contributed by atoms with Crippen LogP contribution in [0.2, 0.25) is 0 Å². The van der Waals surface area contributed by atoms with Gasteiger partial charge >= 0.3 is 0 Å². The highest BCUT2D eigenvalue weighted by Crippen LogP contribution is 2.31. The van der Waals surface area contributed by atoms with E-state index in [1.807, 2.05) is 31.2 Å². The molecule has 126 valence electrons. The van der Waals surface area contributed by atoms with Gasteiger partial charge in [0, 0.05) is 11.6 Å². The number of anilines is 1. The van der Waals surface area contributed by atoms with E-state index in [-0.39, 0.29) is 23.7 Å². The number of nitrogen functional groups attached to an aromatic ring is 1. The van der Waals surface area contributed by atoms with Crippen molar-refractivity contribution in [3.8, 4) is 0 Å². The second-order valence-electron chi connectivity index (χ2n) is 6.65. The third kappa shape index (κ3) is 3.75. The summed E-state index contributed by atoms with van der Waals surface area (Å²) in [5, 5.41) is 3.16. The first kappa shape index (κ1) is 16.5. The number of halogens is 1. The average Bonchev–Trinajstić information content (AvgIpc) is 2.54. The molecule has 0 spiro atoms. The minimum atomic E-state index is -0.265. The van der Waals surface area contributed by atoms with Crippen LogP contribution in [0.4, 0.5) is 10.1 Å². The maximum atomic E-state index is 13.3. The first-order chi connectivity index (χ1) is 11.5. The van der Waals surface area contributed by atoms with Gasteiger partial charge in [0.15, 0.2) is 0 Å². The van der Waals surface area contributed by atoms with Crippen LogP contribution in [0.1, 0.15) is 42.5 Å². The first-order valence-corrected chi connectivity index (χ1v) is 8.46. The maximum absolute atomic E-state index is 13.3. The maximum Gasteiger partial charge on any atom is 0.223 e. The van der Waals surface area contributed by atoms with Gasteiger partial charge in [-0.15, -0.1) is 0 Å². The van der Waals surface area contributed by atoms with Crippen molar-refractivity contribution in [3.63, 3.8) is 0 Å². The third-order valence-corrected chi connectivity index (χ3v) is 4.68. The molecule has 3 rings (SSSR count). The molecule has 1 amide bonds. The van der Waals surface area contributed by atoms with E-state index in [2.05, 4.69) is 5.32 Å². The number of benzene rings is 2. The highest BCUT2D eigenvalue weighted by Gasteiger charge is 2.24. The van der Waals surface area contributed by atoms with Gasteiger partial charge in [-0.25, -0.2) is 4.39 Å². The number of nitrogens with one attached hydrogen (secondary N) is 1. The Bertz CT molecular complexity index is 744. The number of fused-ring (bicyclic) bond motifs is 1. The van der Waals surface area contributed by atoms with Crippen LogP contribution in [-0.2, 0) is 17.6 Å². The lowest BCUT2D eigenvalue weighted by molar-refractivity contribution is -0.125. The molecule has 0 radical (unpaired) electrons. The number of hydrogen-bond acceptors (Lipinski definition) is 2. The molecular weight excluding hydrogens is 303 g/mol. The van der Waals surface area contributed by atoms with Gasteiger partial charge in [-0.3, -0.25) is 4.79 Å². The minimum Gasteiger partial charge on any atom is -0.399 e. The van der Waals surface area contributed by atoms with Crippen LogP contribution in [0.15, 0.2) is 42.5 Å². The molecule has 0 fully saturated rings. The van der Waals surface area contributed by atoms with Gasteiger partial charge in [0.1, 0.15) is 5.82 Å². The van der Waals surface area contributed by atoms with Gasteiger partial charge in [0.2, 0.25) is 5.91 Å². The van der Waals surface area contributed by atoms with Crippen LogP contribution in [0.5, 0.6) is 0 Å². The largest absolute Gasteiger partial charge is 0.399 e. The molecule has 2 atom stereocenters. The molecule has 2 aromatic carbocycles. The van der Waals surface area contributed by atoms with E-state index in [4.69, 9.17) is 5.73 Å². The van der Waals surface area contributed by atoms with Gasteiger partial charge in [-0.05, 0) is 66.6 Å². The van der Waals surface area contributed by atoms with E-state index < -0.39 is 0 Å². The van der Waals surface area contributed by atoms with Crippen molar-refractivity contribution in [2.45, 2.75) is 38.6 Å². The fraction of sp³-hybridized carbons (Fsp3) is 0.350. The first-order valence-electron chi connectivity index (χ1n) is 8.46. The summed E-state index contributed by atoms with van der Waals surface area (Å²) in [6, 6.07) is 12.4. The molecule has 1 aliphatic rings. The predicted molar refractivity (Wildman–Crippen MR) is 93.9 cm³/mol. The van der Waals surface area contributed by atoms with Crippen molar-refractivity contribution in [2.24, 2.45) is 5.92 Å². The van der Waals surface area contributed by atoms with Crippen LogP contribution in [0.3, 0.4) is 0 Å². The Kier molecular flexibility index (Phi) is 4.84. The fourth-order valence-corrected chi connectivity index (χ4v) is 3.41. The Balaban J connectivity index is 1.67. The molecule has 1 aliphatic carbocycles. The molecule has 3 N–H and O–H groups in total. The molecular formula is C20H23FN2O. The second kappa shape index (κ2) is 7.04. The number of carbonyl (C=O) groups is 1. The third-order valence-electron chi connectivity index (χ3n) is 4.68. The molecule has 0 saturated carbocycles. The van der Waals surface area contributed by atoms with Gasteiger partial charge in [-0.2, -0.15) is 0 Å². The summed E-state index contributed by atoms with van der Waals surface area (Å²) in [6.07, 6.45) is 3.52. The zero-order valence-corrected chi connectivity index (χ0v) is 13.9. The van der Waals surface area contributed by atoms with Crippen LogP contribution in [0, 0.1) is 11.7 Å². The molecule has 4 heteroatoms. The standard InChI is InChI=1S/C20H23FN2O/c1-13(10-14-4-2-6-16(21)11-14)20(24)23-19-7-3-5-15-12-17(22)8-9-18(15)19/h2,4,6,8-9,11-13,19H,3,5,7,10,22H2,1H3,(H,23,24). The summed E-state index contributed by atoms with van der Waals surface area (Å²) in [7, 11) is 0. The van der Waals surface area contributed by atoms with Crippen LogP contribution in [0.25, 0.3) is 0 Å². The summed E-state index contributed by atoms with van der Waals surface area (Å²) >= 11 is 0. The van der Waals surface area contributed by atoms with Crippen molar-refractivity contribution in [3.05, 3.63) is 65.0 Å². The van der Waals surface area contributed by atoms with Crippen LogP contribution in [-0.4, -0.2) is 5.91 Å². The smallest absolute Gasteiger partial charge is 0.223 e. The molecule has 0 aliphatic heterocycles. The Morgan fingerprint density at radius 1 is 1.33 bits per heavy atom. The fourth-order valence-electron chi connectivity index (χ4n) is 3.41. The number of amides is 1. The number of carbonyl (C=O) groups excluding carboxylic acids is 1. The normalized spacial score (nSPS) is 17.8. The summed E-state index contributed by atoms with van der Waals surface area (Å²) < 4.78 is 13.3. The predicted octanol–water partition coefficient (Wildman–Crippen LogP) is 3.78. The molecule has 0 aromatic heterocycles. The molecule has 24 heavy (non-hydrogen) atoms. The van der Waals surface area contributed by atoms with Crippen molar-refractivity contribution in [1.29, 1.82) is 0 Å². The van der Waals surface area contributed by atoms with Gasteiger partial charge in [0.25, 0.3) is 0 Å². The number of rotatable bonds is 4. The Morgan fingerprint density at radius 3 is 2.96 bits per heavy atom. The topological polar surface area (TPSA) is 55.1 Å². The van der Waals surface area contributed by atoms with E-state index in [0.717, 1.165) is 30.5 Å². The van der Waals surface area contributed by atoms with E-state index in [0.29, 0.717) is 6.42 Å². The highest BCUT2D eigenvalue weighted by molar-refractivity contribution is 5.79. The molecule has 0 bridgehead atoms. The van der Waals surface area contributed by atoms with E-state index in [1.54, 1.807) is 6.07 Å². The quantitative estimate of drug-likeness (QED) is 0.840. The monoisotopic (exact) mass is 326 g/mol. The molecule has 2 unspecified atom stereocenters. The van der Waals surface area contributed by atoms with Crippen molar-refractivity contribution < 1.29 is 9.18 Å². The van der Waals surface area contributed by atoms with Crippen LogP contribution < -0.4 is 11.1 Å². The lowest BCUT2D eigenvalue weighted by atomic mass is 9.87. The Hall–Kier alpha value is -2.36. The van der Waals surface area contributed by atoms with Gasteiger partial charge in [-0.1, -0.05) is 25.1 Å². The SMILES string of the molecule is CC(Cc1cccc(F)c1)C(=O)NC1CCCc2cc(N)ccc21.